The second-order valence-electron chi connectivity index (χ2n) is 6.17. The van der Waals surface area contributed by atoms with Gasteiger partial charge >= 0.3 is 0 Å². The lowest BCUT2D eigenvalue weighted by atomic mass is 10.1. The topological polar surface area (TPSA) is 74.2 Å². The first-order valence-electron chi connectivity index (χ1n) is 8.85. The van der Waals surface area contributed by atoms with Crippen LogP contribution in [0.25, 0.3) is 21.5 Å². The molecule has 0 spiro atoms. The molecular weight excluding hydrogens is 425 g/mol. The number of halogens is 1. The highest BCUT2D eigenvalue weighted by molar-refractivity contribution is 8.00. The van der Waals surface area contributed by atoms with Crippen molar-refractivity contribution in [2.45, 2.75) is 5.03 Å². The molecule has 0 saturated heterocycles. The van der Waals surface area contributed by atoms with Crippen LogP contribution < -0.4 is 9.47 Å². The molecule has 2 heterocycles. The largest absolute Gasteiger partial charge is 0.497 e. The zero-order valence-electron chi connectivity index (χ0n) is 16.1. The number of carbonyl (C=O) groups excluding carboxylic acids is 1. The predicted molar refractivity (Wildman–Crippen MR) is 115 cm³/mol. The summed E-state index contributed by atoms with van der Waals surface area (Å²) in [5.41, 5.74) is 2.57. The number of ketones is 1. The molecule has 0 radical (unpaired) electrons. The van der Waals surface area contributed by atoms with Crippen molar-refractivity contribution in [3.63, 3.8) is 0 Å². The first kappa shape index (κ1) is 20.2. The molecule has 0 amide bonds. The highest BCUT2D eigenvalue weighted by Gasteiger charge is 2.18. The van der Waals surface area contributed by atoms with E-state index in [2.05, 4.69) is 14.3 Å². The van der Waals surface area contributed by atoms with Gasteiger partial charge in [-0.1, -0.05) is 11.8 Å². The maximum absolute atomic E-state index is 13.2. The Bertz CT molecular complexity index is 1210. The molecule has 0 aliphatic rings. The van der Waals surface area contributed by atoms with Crippen molar-refractivity contribution in [3.8, 4) is 22.8 Å². The Hall–Kier alpha value is -3.04. The monoisotopic (exact) mass is 441 g/mol. The number of aromatic nitrogens is 3. The fourth-order valence-corrected chi connectivity index (χ4v) is 4.69. The van der Waals surface area contributed by atoms with Crippen LogP contribution in [0.5, 0.6) is 11.5 Å². The zero-order valence-corrected chi connectivity index (χ0v) is 17.7. The minimum absolute atomic E-state index is 0.106. The Kier molecular flexibility index (Phi) is 5.91. The van der Waals surface area contributed by atoms with E-state index >= 15 is 0 Å². The van der Waals surface area contributed by atoms with E-state index in [0.29, 0.717) is 33.3 Å². The number of thioether (sulfide) groups is 1. The fourth-order valence-electron chi connectivity index (χ4n) is 2.89. The van der Waals surface area contributed by atoms with Gasteiger partial charge in [-0.3, -0.25) is 4.79 Å². The second-order valence-corrected chi connectivity index (χ2v) is 7.91. The molecule has 152 valence electrons. The normalized spacial score (nSPS) is 10.9. The summed E-state index contributed by atoms with van der Waals surface area (Å²) in [6.07, 6.45) is 1.45. The van der Waals surface area contributed by atoms with E-state index in [1.54, 1.807) is 37.4 Å². The van der Waals surface area contributed by atoms with Gasteiger partial charge in [0.2, 0.25) is 0 Å². The number of ether oxygens (including phenoxy) is 2. The van der Waals surface area contributed by atoms with E-state index < -0.39 is 0 Å². The Labute approximate surface area is 180 Å². The number of methoxy groups -OCH3 is 2. The molecule has 4 rings (SSSR count). The summed E-state index contributed by atoms with van der Waals surface area (Å²) in [4.78, 5) is 21.5. The van der Waals surface area contributed by atoms with Crippen LogP contribution in [0.4, 0.5) is 4.39 Å². The van der Waals surface area contributed by atoms with Gasteiger partial charge in [-0.15, -0.1) is 0 Å². The number of rotatable bonds is 7. The van der Waals surface area contributed by atoms with Crippen molar-refractivity contribution in [1.29, 1.82) is 0 Å². The number of benzene rings is 2. The third kappa shape index (κ3) is 3.99. The molecule has 0 bridgehead atoms. The van der Waals surface area contributed by atoms with Crippen LogP contribution in [0.2, 0.25) is 0 Å². The number of carbonyl (C=O) groups is 1. The Balaban J connectivity index is 1.59. The molecule has 6 nitrogen and oxygen atoms in total. The van der Waals surface area contributed by atoms with Crippen LogP contribution in [-0.4, -0.2) is 40.1 Å². The zero-order chi connectivity index (χ0) is 21.1. The van der Waals surface area contributed by atoms with Gasteiger partial charge in [0.1, 0.15) is 44.6 Å². The van der Waals surface area contributed by atoms with E-state index in [4.69, 9.17) is 9.47 Å². The molecule has 0 aliphatic carbocycles. The Morgan fingerprint density at radius 2 is 1.90 bits per heavy atom. The molecule has 0 N–H and O–H groups in total. The summed E-state index contributed by atoms with van der Waals surface area (Å²) in [5, 5.41) is 0.668. The summed E-state index contributed by atoms with van der Waals surface area (Å²) < 4.78 is 29.0. The van der Waals surface area contributed by atoms with Gasteiger partial charge in [-0.2, -0.15) is 4.37 Å². The highest BCUT2D eigenvalue weighted by Crippen LogP contribution is 2.35. The van der Waals surface area contributed by atoms with Gasteiger partial charge in [-0.25, -0.2) is 14.4 Å². The van der Waals surface area contributed by atoms with Crippen molar-refractivity contribution in [1.82, 2.24) is 14.3 Å². The second kappa shape index (κ2) is 8.76. The third-order valence-electron chi connectivity index (χ3n) is 4.39. The van der Waals surface area contributed by atoms with Crippen LogP contribution in [0.1, 0.15) is 10.4 Å². The maximum Gasteiger partial charge on any atom is 0.177 e. The molecule has 0 saturated carbocycles. The molecule has 2 aromatic heterocycles. The summed E-state index contributed by atoms with van der Waals surface area (Å²) in [6.45, 7) is 0. The van der Waals surface area contributed by atoms with E-state index in [9.17, 15) is 9.18 Å². The van der Waals surface area contributed by atoms with E-state index in [1.165, 1.54) is 48.9 Å². The Morgan fingerprint density at radius 1 is 1.10 bits per heavy atom. The van der Waals surface area contributed by atoms with Crippen LogP contribution >= 0.6 is 23.3 Å². The smallest absolute Gasteiger partial charge is 0.177 e. The van der Waals surface area contributed by atoms with Crippen molar-refractivity contribution >= 4 is 39.3 Å². The van der Waals surface area contributed by atoms with Gasteiger partial charge < -0.3 is 9.47 Å². The predicted octanol–water partition coefficient (Wildman–Crippen LogP) is 4.88. The molecule has 0 atom stereocenters. The quantitative estimate of drug-likeness (QED) is 0.230. The fraction of sp³-hybridized carbons (Fsp3) is 0.143. The number of fused-ring (bicyclic) bond motifs is 1. The molecular formula is C21H16FN3O3S2. The number of hydrogen-bond acceptors (Lipinski definition) is 8. The standard InChI is InChI=1S/C21H16FN3O3S2/c1-27-14-7-8-17(28-2)15(9-14)16(26)10-29-21-20-19(23-11-24-21)18(25-30-20)12-3-5-13(22)6-4-12/h3-9,11H,10H2,1-2H3. The number of hydrogen-bond donors (Lipinski definition) is 0. The number of Topliss-reactive ketones (excluding diaryl/α,β-unsaturated/α-hetero) is 1. The van der Waals surface area contributed by atoms with Crippen LogP contribution in [-0.2, 0) is 0 Å². The van der Waals surface area contributed by atoms with E-state index in [-0.39, 0.29) is 17.4 Å². The van der Waals surface area contributed by atoms with Gasteiger partial charge in [-0.05, 0) is 54.0 Å². The van der Waals surface area contributed by atoms with Crippen molar-refractivity contribution < 1.29 is 18.7 Å². The first-order valence-corrected chi connectivity index (χ1v) is 10.6. The van der Waals surface area contributed by atoms with Crippen molar-refractivity contribution in [2.75, 3.05) is 20.0 Å². The average Bonchev–Trinajstić information content (AvgIpc) is 3.22. The lowest BCUT2D eigenvalue weighted by Gasteiger charge is -2.09. The molecule has 30 heavy (non-hydrogen) atoms. The summed E-state index contributed by atoms with van der Waals surface area (Å²) in [7, 11) is 3.07. The van der Waals surface area contributed by atoms with Crippen molar-refractivity contribution in [3.05, 3.63) is 60.2 Å². The molecule has 0 fully saturated rings. The molecule has 4 aromatic rings. The van der Waals surface area contributed by atoms with Crippen LogP contribution in [0.15, 0.2) is 53.8 Å². The van der Waals surface area contributed by atoms with E-state index in [1.807, 2.05) is 0 Å². The summed E-state index contributed by atoms with van der Waals surface area (Å²) in [6, 6.07) is 11.2. The minimum atomic E-state index is -0.310. The maximum atomic E-state index is 13.2. The highest BCUT2D eigenvalue weighted by atomic mass is 32.2. The van der Waals surface area contributed by atoms with Gasteiger partial charge in [0.25, 0.3) is 0 Å². The summed E-state index contributed by atoms with van der Waals surface area (Å²) >= 11 is 2.57. The van der Waals surface area contributed by atoms with E-state index in [0.717, 1.165) is 10.3 Å². The molecule has 2 aromatic carbocycles. The minimum Gasteiger partial charge on any atom is -0.497 e. The molecule has 9 heteroatoms. The van der Waals surface area contributed by atoms with Gasteiger partial charge in [0.15, 0.2) is 5.78 Å². The number of nitrogens with zero attached hydrogens (tertiary/aromatic N) is 3. The Morgan fingerprint density at radius 3 is 2.63 bits per heavy atom. The SMILES string of the molecule is COc1ccc(OC)c(C(=O)CSc2ncnc3c(-c4ccc(F)cc4)nsc23)c1. The molecule has 0 aliphatic heterocycles. The lowest BCUT2D eigenvalue weighted by Crippen LogP contribution is -2.06. The van der Waals surface area contributed by atoms with Crippen molar-refractivity contribution in [2.24, 2.45) is 0 Å². The van der Waals surface area contributed by atoms with Crippen LogP contribution in [0.3, 0.4) is 0 Å². The average molecular weight is 442 g/mol. The van der Waals surface area contributed by atoms with Gasteiger partial charge in [0.05, 0.1) is 25.5 Å². The lowest BCUT2D eigenvalue weighted by molar-refractivity contribution is 0.101. The first-order chi connectivity index (χ1) is 14.6. The third-order valence-corrected chi connectivity index (χ3v) is 6.35. The van der Waals surface area contributed by atoms with Crippen LogP contribution in [0, 0.1) is 5.82 Å². The molecule has 0 unspecified atom stereocenters. The van der Waals surface area contributed by atoms with Gasteiger partial charge in [0, 0.05) is 5.56 Å². The summed E-state index contributed by atoms with van der Waals surface area (Å²) in [5.74, 6) is 0.825.